The van der Waals surface area contributed by atoms with Crippen LogP contribution in [0.15, 0.2) is 23.1 Å². The average Bonchev–Trinajstić information content (AvgIpc) is 2.48. The van der Waals surface area contributed by atoms with Gasteiger partial charge < -0.3 is 16.4 Å². The second-order valence-electron chi connectivity index (χ2n) is 5.34. The number of nitrogens with two attached hydrogens (primary N) is 2. The van der Waals surface area contributed by atoms with Crippen LogP contribution in [0, 0.1) is 12.8 Å². The molecule has 2 rings (SSSR count). The van der Waals surface area contributed by atoms with E-state index >= 15 is 0 Å². The van der Waals surface area contributed by atoms with Gasteiger partial charge in [-0.2, -0.15) is 0 Å². The number of carbonyl (C=O) groups excluding carboxylic acids is 2. The van der Waals surface area contributed by atoms with Crippen molar-refractivity contribution >= 4 is 29.3 Å². The maximum Gasteiger partial charge on any atom is 0.232 e. The van der Waals surface area contributed by atoms with E-state index in [1.165, 1.54) is 11.8 Å². The first-order valence-electron chi connectivity index (χ1n) is 7.04. The molecular formula is C15H21N3O2S. The molecule has 0 bridgehead atoms. The van der Waals surface area contributed by atoms with Crippen LogP contribution in [-0.4, -0.2) is 35.6 Å². The van der Waals surface area contributed by atoms with Crippen molar-refractivity contribution in [1.29, 1.82) is 0 Å². The van der Waals surface area contributed by atoms with Gasteiger partial charge in [0.2, 0.25) is 11.8 Å². The average molecular weight is 307 g/mol. The summed E-state index contributed by atoms with van der Waals surface area (Å²) >= 11 is 1.49. The van der Waals surface area contributed by atoms with Crippen molar-refractivity contribution in [3.05, 3.63) is 23.8 Å². The van der Waals surface area contributed by atoms with Crippen LogP contribution in [0.25, 0.3) is 0 Å². The minimum absolute atomic E-state index is 0.0489. The Morgan fingerprint density at radius 3 is 2.90 bits per heavy atom. The Labute approximate surface area is 129 Å². The molecule has 5 nitrogen and oxygen atoms in total. The van der Waals surface area contributed by atoms with E-state index in [2.05, 4.69) is 0 Å². The predicted molar refractivity (Wildman–Crippen MR) is 84.8 cm³/mol. The summed E-state index contributed by atoms with van der Waals surface area (Å²) in [5, 5.41) is 0. The smallest absolute Gasteiger partial charge is 0.232 e. The highest BCUT2D eigenvalue weighted by Crippen LogP contribution is 2.27. The number of nitrogen functional groups attached to an aromatic ring is 1. The van der Waals surface area contributed by atoms with Gasteiger partial charge in [0, 0.05) is 23.7 Å². The Hall–Kier alpha value is -1.69. The molecule has 1 heterocycles. The van der Waals surface area contributed by atoms with Crippen LogP contribution in [0.1, 0.15) is 18.4 Å². The van der Waals surface area contributed by atoms with Crippen LogP contribution < -0.4 is 11.5 Å². The molecule has 0 radical (unpaired) electrons. The number of amides is 2. The lowest BCUT2D eigenvalue weighted by atomic mass is 9.97. The Kier molecular flexibility index (Phi) is 5.12. The van der Waals surface area contributed by atoms with Crippen LogP contribution in [0.3, 0.4) is 0 Å². The Morgan fingerprint density at radius 2 is 2.19 bits per heavy atom. The van der Waals surface area contributed by atoms with Crippen LogP contribution in [0.5, 0.6) is 0 Å². The van der Waals surface area contributed by atoms with Crippen LogP contribution >= 0.6 is 11.8 Å². The normalized spacial score (nSPS) is 18.5. The van der Waals surface area contributed by atoms with Gasteiger partial charge in [-0.15, -0.1) is 11.8 Å². The predicted octanol–water partition coefficient (Wildman–Crippen LogP) is 1.39. The van der Waals surface area contributed by atoms with Crippen molar-refractivity contribution in [2.75, 3.05) is 24.6 Å². The summed E-state index contributed by atoms with van der Waals surface area (Å²) in [6.45, 7) is 3.11. The van der Waals surface area contributed by atoms with Gasteiger partial charge in [0.25, 0.3) is 0 Å². The number of hydrogen-bond acceptors (Lipinski definition) is 4. The van der Waals surface area contributed by atoms with Crippen LogP contribution in [0.2, 0.25) is 0 Å². The molecule has 1 atom stereocenters. The number of benzene rings is 1. The number of piperidine rings is 1. The van der Waals surface area contributed by atoms with Crippen molar-refractivity contribution in [2.24, 2.45) is 11.7 Å². The summed E-state index contributed by atoms with van der Waals surface area (Å²) in [6.07, 6.45) is 1.61. The van der Waals surface area contributed by atoms with E-state index in [1.807, 2.05) is 25.1 Å². The minimum Gasteiger partial charge on any atom is -0.398 e. The first-order valence-corrected chi connectivity index (χ1v) is 8.02. The third-order valence-electron chi connectivity index (χ3n) is 3.85. The summed E-state index contributed by atoms with van der Waals surface area (Å²) in [5.41, 5.74) is 12.9. The number of likely N-dealkylation sites (tertiary alicyclic amines) is 1. The molecule has 114 valence electrons. The first-order chi connectivity index (χ1) is 9.99. The summed E-state index contributed by atoms with van der Waals surface area (Å²) in [5.74, 6) is -0.114. The van der Waals surface area contributed by atoms with E-state index in [1.54, 1.807) is 4.90 Å². The molecule has 1 saturated heterocycles. The topological polar surface area (TPSA) is 89.4 Å². The number of thioether (sulfide) groups is 1. The molecule has 1 unspecified atom stereocenters. The zero-order chi connectivity index (χ0) is 15.4. The van der Waals surface area contributed by atoms with E-state index in [9.17, 15) is 9.59 Å². The van der Waals surface area contributed by atoms with Crippen molar-refractivity contribution in [2.45, 2.75) is 24.7 Å². The molecule has 1 aliphatic heterocycles. The minimum atomic E-state index is -0.313. The zero-order valence-electron chi connectivity index (χ0n) is 12.2. The maximum atomic E-state index is 12.3. The third kappa shape index (κ3) is 3.91. The van der Waals surface area contributed by atoms with E-state index in [4.69, 9.17) is 11.5 Å². The molecule has 21 heavy (non-hydrogen) atoms. The summed E-state index contributed by atoms with van der Waals surface area (Å²) in [6, 6.07) is 5.70. The molecule has 6 heteroatoms. The van der Waals surface area contributed by atoms with Gasteiger partial charge in [0.1, 0.15) is 0 Å². The van der Waals surface area contributed by atoms with Gasteiger partial charge in [-0.3, -0.25) is 9.59 Å². The van der Waals surface area contributed by atoms with Gasteiger partial charge in [-0.05, 0) is 37.5 Å². The third-order valence-corrected chi connectivity index (χ3v) is 5.00. The number of primary amides is 1. The molecule has 4 N–H and O–H groups in total. The lowest BCUT2D eigenvalue weighted by Gasteiger charge is -2.31. The van der Waals surface area contributed by atoms with Gasteiger partial charge in [0.05, 0.1) is 11.7 Å². The van der Waals surface area contributed by atoms with E-state index in [0.29, 0.717) is 18.8 Å². The monoisotopic (exact) mass is 307 g/mol. The Morgan fingerprint density at radius 1 is 1.43 bits per heavy atom. The van der Waals surface area contributed by atoms with E-state index < -0.39 is 0 Å². The Bertz CT molecular complexity index is 548. The second-order valence-corrected chi connectivity index (χ2v) is 6.36. The fourth-order valence-electron chi connectivity index (χ4n) is 2.45. The summed E-state index contributed by atoms with van der Waals surface area (Å²) < 4.78 is 0. The van der Waals surface area contributed by atoms with Gasteiger partial charge in [-0.25, -0.2) is 0 Å². The number of nitrogens with zero attached hydrogens (tertiary/aromatic N) is 1. The molecule has 0 spiro atoms. The van der Waals surface area contributed by atoms with Crippen molar-refractivity contribution in [3.8, 4) is 0 Å². The fourth-order valence-corrected chi connectivity index (χ4v) is 3.43. The number of hydrogen-bond donors (Lipinski definition) is 2. The van der Waals surface area contributed by atoms with E-state index in [0.717, 1.165) is 29.0 Å². The molecular weight excluding hydrogens is 286 g/mol. The summed E-state index contributed by atoms with van der Waals surface area (Å²) in [4.78, 5) is 26.3. The second kappa shape index (κ2) is 6.85. The maximum absolute atomic E-state index is 12.3. The number of anilines is 1. The number of carbonyl (C=O) groups is 2. The standard InChI is InChI=1S/C15H21N3O2S/c1-10-12(16)5-2-6-13(10)21-9-14(19)18-7-3-4-11(8-18)15(17)20/h2,5-6,11H,3-4,7-9,16H2,1H3,(H2,17,20). The lowest BCUT2D eigenvalue weighted by Crippen LogP contribution is -2.44. The van der Waals surface area contributed by atoms with Crippen molar-refractivity contribution in [3.63, 3.8) is 0 Å². The molecule has 1 aromatic carbocycles. The highest BCUT2D eigenvalue weighted by atomic mass is 32.2. The lowest BCUT2D eigenvalue weighted by molar-refractivity contribution is -0.132. The first kappa shape index (κ1) is 15.7. The molecule has 1 fully saturated rings. The van der Waals surface area contributed by atoms with E-state index in [-0.39, 0.29) is 17.7 Å². The van der Waals surface area contributed by atoms with Crippen LogP contribution in [0.4, 0.5) is 5.69 Å². The highest BCUT2D eigenvalue weighted by Gasteiger charge is 2.26. The highest BCUT2D eigenvalue weighted by molar-refractivity contribution is 8.00. The number of rotatable bonds is 4. The molecule has 2 amide bonds. The molecule has 0 aromatic heterocycles. The molecule has 0 saturated carbocycles. The van der Waals surface area contributed by atoms with Crippen LogP contribution in [-0.2, 0) is 9.59 Å². The largest absolute Gasteiger partial charge is 0.398 e. The van der Waals surface area contributed by atoms with Crippen molar-refractivity contribution < 1.29 is 9.59 Å². The van der Waals surface area contributed by atoms with Gasteiger partial charge in [-0.1, -0.05) is 6.07 Å². The summed E-state index contributed by atoms with van der Waals surface area (Å²) in [7, 11) is 0. The quantitative estimate of drug-likeness (QED) is 0.650. The molecule has 1 aromatic rings. The fraction of sp³-hybridized carbons (Fsp3) is 0.467. The Balaban J connectivity index is 1.92. The molecule has 1 aliphatic rings. The van der Waals surface area contributed by atoms with Gasteiger partial charge >= 0.3 is 0 Å². The zero-order valence-corrected chi connectivity index (χ0v) is 13.0. The molecule has 0 aliphatic carbocycles. The van der Waals surface area contributed by atoms with Crippen molar-refractivity contribution in [1.82, 2.24) is 4.90 Å². The SMILES string of the molecule is Cc1c(N)cccc1SCC(=O)N1CCCC(C(N)=O)C1. The van der Waals surface area contributed by atoms with Gasteiger partial charge in [0.15, 0.2) is 0 Å².